The second-order valence-corrected chi connectivity index (χ2v) is 12.4. The van der Waals surface area contributed by atoms with Crippen molar-refractivity contribution in [2.75, 3.05) is 6.54 Å². The lowest BCUT2D eigenvalue weighted by Gasteiger charge is -2.25. The molecular weight excluding hydrogens is 508 g/mol. The maximum absolute atomic E-state index is 13.4. The van der Waals surface area contributed by atoms with Crippen LogP contribution in [0.3, 0.4) is 0 Å². The van der Waals surface area contributed by atoms with Crippen LogP contribution in [0.2, 0.25) is 5.02 Å². The third kappa shape index (κ3) is 4.73. The fourth-order valence-corrected chi connectivity index (χ4v) is 7.11. The van der Waals surface area contributed by atoms with Crippen LogP contribution in [-0.4, -0.2) is 37.5 Å². The molecule has 7 nitrogen and oxygen atoms in total. The molecule has 3 N–H and O–H groups in total. The molecule has 35 heavy (non-hydrogen) atoms. The van der Waals surface area contributed by atoms with Gasteiger partial charge in [-0.1, -0.05) is 67.9 Å². The zero-order chi connectivity index (χ0) is 25.4. The Bertz CT molecular complexity index is 1360. The highest BCUT2D eigenvalue weighted by atomic mass is 35.5. The first-order valence-corrected chi connectivity index (χ1v) is 13.6. The number of carboxylic acids is 1. The van der Waals surface area contributed by atoms with Gasteiger partial charge in [0.05, 0.1) is 0 Å². The first kappa shape index (κ1) is 25.4. The fraction of sp³-hybridized carbons (Fsp3) is 0.280. The van der Waals surface area contributed by atoms with Crippen LogP contribution < -0.4 is 10.0 Å². The van der Waals surface area contributed by atoms with Crippen molar-refractivity contribution >= 4 is 44.8 Å². The summed E-state index contributed by atoms with van der Waals surface area (Å²) in [5.41, 5.74) is -1.49. The van der Waals surface area contributed by atoms with E-state index >= 15 is 0 Å². The number of hydrogen-bond donors (Lipinski definition) is 3. The molecule has 0 radical (unpaired) electrons. The molecule has 0 saturated heterocycles. The number of hydrogen-bond acceptors (Lipinski definition) is 5. The Kier molecular flexibility index (Phi) is 6.80. The lowest BCUT2D eigenvalue weighted by Crippen LogP contribution is -2.51. The molecule has 0 aliphatic heterocycles. The Morgan fingerprint density at radius 3 is 2.31 bits per heavy atom. The van der Waals surface area contributed by atoms with E-state index in [1.54, 1.807) is 74.5 Å². The number of thiophene rings is 1. The van der Waals surface area contributed by atoms with Crippen molar-refractivity contribution in [2.24, 2.45) is 5.92 Å². The summed E-state index contributed by atoms with van der Waals surface area (Å²) in [6, 6.07) is 19.0. The molecule has 1 heterocycles. The van der Waals surface area contributed by atoms with Gasteiger partial charge in [-0.2, -0.15) is 4.72 Å². The monoisotopic (exact) mass is 532 g/mol. The van der Waals surface area contributed by atoms with Gasteiger partial charge in [-0.25, -0.2) is 8.42 Å². The maximum Gasteiger partial charge on any atom is 0.325 e. The van der Waals surface area contributed by atoms with E-state index < -0.39 is 26.9 Å². The van der Waals surface area contributed by atoms with Gasteiger partial charge in [-0.3, -0.25) is 9.59 Å². The van der Waals surface area contributed by atoms with Gasteiger partial charge in [0.2, 0.25) is 5.91 Å². The molecule has 1 fully saturated rings. The van der Waals surface area contributed by atoms with Gasteiger partial charge >= 0.3 is 5.97 Å². The number of amides is 1. The Morgan fingerprint density at radius 2 is 1.71 bits per heavy atom. The van der Waals surface area contributed by atoms with Gasteiger partial charge in [-0.15, -0.1) is 11.3 Å². The van der Waals surface area contributed by atoms with E-state index in [2.05, 4.69) is 10.0 Å². The SMILES string of the molecule is CC(C)C(=O)NC[C@@]1(c2ccccc2)CC1(NS(=O)(=O)c1ccc(-c2ccc(Cl)cc2)s1)C(=O)O. The molecule has 1 aromatic heterocycles. The van der Waals surface area contributed by atoms with Crippen LogP contribution in [0.15, 0.2) is 70.9 Å². The minimum absolute atomic E-state index is 0.00292. The minimum atomic E-state index is -4.18. The molecule has 0 bridgehead atoms. The lowest BCUT2D eigenvalue weighted by molar-refractivity contribution is -0.141. The van der Waals surface area contributed by atoms with Crippen molar-refractivity contribution in [1.82, 2.24) is 10.0 Å². The zero-order valence-corrected chi connectivity index (χ0v) is 21.5. The number of aliphatic carboxylic acids is 1. The third-order valence-corrected chi connectivity index (χ3v) is 9.69. The van der Waals surface area contributed by atoms with E-state index in [-0.39, 0.29) is 29.0 Å². The molecule has 0 spiro atoms. The smallest absolute Gasteiger partial charge is 0.325 e. The molecule has 4 rings (SSSR count). The van der Waals surface area contributed by atoms with E-state index in [0.717, 1.165) is 16.9 Å². The van der Waals surface area contributed by atoms with Crippen LogP contribution in [-0.2, 0) is 25.0 Å². The molecule has 1 amide bonds. The molecule has 1 aliphatic carbocycles. The summed E-state index contributed by atoms with van der Waals surface area (Å²) >= 11 is 6.98. The average Bonchev–Trinajstić information content (AvgIpc) is 3.20. The highest BCUT2D eigenvalue weighted by Crippen LogP contribution is 2.58. The van der Waals surface area contributed by atoms with Crippen LogP contribution >= 0.6 is 22.9 Å². The standard InChI is InChI=1S/C25H25ClN2O5S2/c1-16(2)22(29)27-15-24(18-6-4-3-5-7-18)14-25(24,23(30)31)28-35(32,33)21-13-12-20(34-21)17-8-10-19(26)11-9-17/h3-13,16,28H,14-15H2,1-2H3,(H,27,29)(H,30,31)/t24-,25?/m1/s1. The molecule has 1 saturated carbocycles. The number of carboxylic acid groups (broad SMARTS) is 1. The predicted octanol–water partition coefficient (Wildman–Crippen LogP) is 4.28. The first-order chi connectivity index (χ1) is 16.5. The van der Waals surface area contributed by atoms with Gasteiger partial charge in [0.1, 0.15) is 9.75 Å². The van der Waals surface area contributed by atoms with E-state index in [1.807, 2.05) is 0 Å². The highest BCUT2D eigenvalue weighted by molar-refractivity contribution is 7.91. The molecule has 3 aromatic rings. The van der Waals surface area contributed by atoms with E-state index in [4.69, 9.17) is 11.6 Å². The topological polar surface area (TPSA) is 113 Å². The molecule has 2 aromatic carbocycles. The highest BCUT2D eigenvalue weighted by Gasteiger charge is 2.74. The molecule has 2 atom stereocenters. The van der Waals surface area contributed by atoms with Gasteiger partial charge in [-0.05, 0) is 41.8 Å². The van der Waals surface area contributed by atoms with Crippen molar-refractivity contribution < 1.29 is 23.1 Å². The number of rotatable bonds is 9. The summed E-state index contributed by atoms with van der Waals surface area (Å²) in [5, 5.41) is 13.6. The lowest BCUT2D eigenvalue weighted by atomic mass is 9.90. The normalized spacial score (nSPS) is 21.6. The Labute approximate surface area is 213 Å². The van der Waals surface area contributed by atoms with Crippen molar-refractivity contribution in [2.45, 2.75) is 35.4 Å². The Morgan fingerprint density at radius 1 is 1.06 bits per heavy atom. The molecule has 184 valence electrons. The number of carbonyl (C=O) groups is 2. The summed E-state index contributed by atoms with van der Waals surface area (Å²) in [5.74, 6) is -1.83. The minimum Gasteiger partial charge on any atom is -0.480 e. The van der Waals surface area contributed by atoms with Crippen molar-refractivity contribution in [1.29, 1.82) is 0 Å². The predicted molar refractivity (Wildman–Crippen MR) is 136 cm³/mol. The quantitative estimate of drug-likeness (QED) is 0.380. The average molecular weight is 533 g/mol. The number of halogens is 1. The van der Waals surface area contributed by atoms with Gasteiger partial charge in [0, 0.05) is 27.8 Å². The summed E-state index contributed by atoms with van der Waals surface area (Å²) in [7, 11) is -4.18. The Hall–Kier alpha value is -2.72. The fourth-order valence-electron chi connectivity index (χ4n) is 4.24. The third-order valence-electron chi connectivity index (χ3n) is 6.32. The molecule has 1 aliphatic rings. The van der Waals surface area contributed by atoms with Gasteiger partial charge in [0.15, 0.2) is 0 Å². The van der Waals surface area contributed by atoms with Crippen molar-refractivity contribution in [3.8, 4) is 10.4 Å². The summed E-state index contributed by atoms with van der Waals surface area (Å²) in [6.45, 7) is 3.46. The first-order valence-electron chi connectivity index (χ1n) is 11.0. The van der Waals surface area contributed by atoms with Crippen LogP contribution in [0.5, 0.6) is 0 Å². The number of sulfonamides is 1. The summed E-state index contributed by atoms with van der Waals surface area (Å²) in [6.07, 6.45) is 0.00632. The van der Waals surface area contributed by atoms with E-state index in [0.29, 0.717) is 15.5 Å². The van der Waals surface area contributed by atoms with Crippen molar-refractivity contribution in [3.05, 3.63) is 77.3 Å². The van der Waals surface area contributed by atoms with E-state index in [1.165, 1.54) is 6.07 Å². The second kappa shape index (κ2) is 9.39. The molecule has 10 heteroatoms. The zero-order valence-electron chi connectivity index (χ0n) is 19.1. The maximum atomic E-state index is 13.4. The van der Waals surface area contributed by atoms with Gasteiger partial charge in [0.25, 0.3) is 10.0 Å². The number of nitrogens with one attached hydrogen (secondary N) is 2. The van der Waals surface area contributed by atoms with Crippen LogP contribution in [0.1, 0.15) is 25.8 Å². The second-order valence-electron chi connectivity index (χ2n) is 8.94. The van der Waals surface area contributed by atoms with Crippen LogP contribution in [0.4, 0.5) is 0 Å². The molecule has 1 unspecified atom stereocenters. The molecular formula is C25H25ClN2O5S2. The van der Waals surface area contributed by atoms with Crippen LogP contribution in [0, 0.1) is 5.92 Å². The van der Waals surface area contributed by atoms with Gasteiger partial charge < -0.3 is 10.4 Å². The van der Waals surface area contributed by atoms with Crippen molar-refractivity contribution in [3.63, 3.8) is 0 Å². The number of benzene rings is 2. The largest absolute Gasteiger partial charge is 0.480 e. The van der Waals surface area contributed by atoms with E-state index in [9.17, 15) is 23.1 Å². The summed E-state index contributed by atoms with van der Waals surface area (Å²) in [4.78, 5) is 25.6. The number of carbonyl (C=O) groups excluding carboxylic acids is 1. The summed E-state index contributed by atoms with van der Waals surface area (Å²) < 4.78 is 29.3. The Balaban J connectivity index is 1.67. The van der Waals surface area contributed by atoms with Crippen LogP contribution in [0.25, 0.3) is 10.4 Å².